The van der Waals surface area contributed by atoms with E-state index in [9.17, 15) is 17.6 Å². The minimum atomic E-state index is -3.94. The van der Waals surface area contributed by atoms with E-state index in [-0.39, 0.29) is 22.1 Å². The summed E-state index contributed by atoms with van der Waals surface area (Å²) in [6.45, 7) is 0. The first-order valence-corrected chi connectivity index (χ1v) is 11.9. The zero-order chi connectivity index (χ0) is 24.6. The molecular formula is C25H18FN3O5S. The fourth-order valence-electron chi connectivity index (χ4n) is 3.79. The van der Waals surface area contributed by atoms with Crippen LogP contribution in [-0.2, 0) is 10.0 Å². The number of methoxy groups -OCH3 is 1. The van der Waals surface area contributed by atoms with Gasteiger partial charge < -0.3 is 9.26 Å². The SMILES string of the molecule is COc1ccc(-c2ccc(F)cc2)cc1-n1c(=O)ccc2cc(S(=O)(=O)Nc3ccon3)ccc21. The van der Waals surface area contributed by atoms with Crippen molar-refractivity contribution < 1.29 is 22.1 Å². The van der Waals surface area contributed by atoms with Crippen LogP contribution in [0.1, 0.15) is 0 Å². The van der Waals surface area contributed by atoms with Crippen LogP contribution in [0, 0.1) is 5.82 Å². The molecule has 35 heavy (non-hydrogen) atoms. The summed E-state index contributed by atoms with van der Waals surface area (Å²) in [6.07, 6.45) is 1.25. The summed E-state index contributed by atoms with van der Waals surface area (Å²) in [7, 11) is -2.44. The van der Waals surface area contributed by atoms with Gasteiger partial charge in [-0.1, -0.05) is 23.4 Å². The summed E-state index contributed by atoms with van der Waals surface area (Å²) in [6, 6.07) is 20.0. The van der Waals surface area contributed by atoms with Gasteiger partial charge in [0.1, 0.15) is 17.8 Å². The Morgan fingerprint density at radius 1 is 0.943 bits per heavy atom. The van der Waals surface area contributed by atoms with E-state index in [1.54, 1.807) is 36.4 Å². The fourth-order valence-corrected chi connectivity index (χ4v) is 4.82. The number of benzene rings is 3. The Morgan fingerprint density at radius 3 is 2.43 bits per heavy atom. The second-order valence-corrected chi connectivity index (χ2v) is 9.29. The first-order valence-electron chi connectivity index (χ1n) is 10.4. The van der Waals surface area contributed by atoms with Crippen molar-refractivity contribution in [3.05, 3.63) is 101 Å². The van der Waals surface area contributed by atoms with Crippen molar-refractivity contribution in [3.8, 4) is 22.6 Å². The van der Waals surface area contributed by atoms with Gasteiger partial charge in [0.15, 0.2) is 5.82 Å². The molecule has 8 nitrogen and oxygen atoms in total. The first kappa shape index (κ1) is 22.4. The molecule has 0 saturated heterocycles. The van der Waals surface area contributed by atoms with Crippen LogP contribution in [0.25, 0.3) is 27.7 Å². The minimum Gasteiger partial charge on any atom is -0.495 e. The predicted octanol–water partition coefficient (Wildman–Crippen LogP) is 4.59. The molecule has 0 amide bonds. The average molecular weight is 492 g/mol. The van der Waals surface area contributed by atoms with Gasteiger partial charge in [0.25, 0.3) is 15.6 Å². The molecule has 0 aliphatic rings. The number of sulfonamides is 1. The van der Waals surface area contributed by atoms with Gasteiger partial charge in [-0.2, -0.15) is 0 Å². The van der Waals surface area contributed by atoms with E-state index in [0.717, 1.165) is 11.1 Å². The highest BCUT2D eigenvalue weighted by molar-refractivity contribution is 7.92. The number of hydrogen-bond acceptors (Lipinski definition) is 6. The monoisotopic (exact) mass is 491 g/mol. The zero-order valence-corrected chi connectivity index (χ0v) is 19.1. The number of nitrogens with zero attached hydrogens (tertiary/aromatic N) is 2. The number of nitrogens with one attached hydrogen (secondary N) is 1. The summed E-state index contributed by atoms with van der Waals surface area (Å²) in [5.41, 5.74) is 2.12. The summed E-state index contributed by atoms with van der Waals surface area (Å²) in [4.78, 5) is 13.0. The van der Waals surface area contributed by atoms with Crippen molar-refractivity contribution in [3.63, 3.8) is 0 Å². The molecule has 2 aromatic heterocycles. The van der Waals surface area contributed by atoms with E-state index >= 15 is 0 Å². The molecular weight excluding hydrogens is 473 g/mol. The van der Waals surface area contributed by atoms with Crippen LogP contribution in [-0.4, -0.2) is 25.3 Å². The Hall–Kier alpha value is -4.44. The molecule has 176 valence electrons. The lowest BCUT2D eigenvalue weighted by Gasteiger charge is -2.16. The van der Waals surface area contributed by atoms with Gasteiger partial charge in [-0.25, -0.2) is 12.8 Å². The number of pyridine rings is 1. The third-order valence-electron chi connectivity index (χ3n) is 5.45. The molecule has 0 bridgehead atoms. The topological polar surface area (TPSA) is 103 Å². The number of hydrogen-bond donors (Lipinski definition) is 1. The van der Waals surface area contributed by atoms with Crippen molar-refractivity contribution in [1.29, 1.82) is 0 Å². The second-order valence-electron chi connectivity index (χ2n) is 7.61. The van der Waals surface area contributed by atoms with Gasteiger partial charge in [-0.3, -0.25) is 14.1 Å². The Kier molecular flexibility index (Phi) is 5.58. The molecule has 0 saturated carbocycles. The van der Waals surface area contributed by atoms with Crippen molar-refractivity contribution in [1.82, 2.24) is 9.72 Å². The molecule has 1 N–H and O–H groups in total. The number of rotatable bonds is 6. The molecule has 3 aromatic carbocycles. The van der Waals surface area contributed by atoms with Crippen LogP contribution in [0.15, 0.2) is 99.3 Å². The van der Waals surface area contributed by atoms with Crippen LogP contribution in [0.4, 0.5) is 10.2 Å². The molecule has 2 heterocycles. The van der Waals surface area contributed by atoms with Gasteiger partial charge in [0.2, 0.25) is 0 Å². The molecule has 0 aliphatic heterocycles. The zero-order valence-electron chi connectivity index (χ0n) is 18.3. The highest BCUT2D eigenvalue weighted by Gasteiger charge is 2.18. The molecule has 0 spiro atoms. The largest absolute Gasteiger partial charge is 0.495 e. The van der Waals surface area contributed by atoms with E-state index in [2.05, 4.69) is 14.4 Å². The molecule has 0 fully saturated rings. The maximum Gasteiger partial charge on any atom is 0.263 e. The maximum absolute atomic E-state index is 13.4. The third kappa shape index (κ3) is 4.26. The van der Waals surface area contributed by atoms with Gasteiger partial charge >= 0.3 is 0 Å². The maximum atomic E-state index is 13.4. The van der Waals surface area contributed by atoms with Crippen LogP contribution < -0.4 is 15.0 Å². The Balaban J connectivity index is 1.65. The van der Waals surface area contributed by atoms with Crippen LogP contribution >= 0.6 is 0 Å². The van der Waals surface area contributed by atoms with Crippen molar-refractivity contribution in [2.45, 2.75) is 4.90 Å². The normalized spacial score (nSPS) is 11.5. The number of ether oxygens (including phenoxy) is 1. The van der Waals surface area contributed by atoms with Crippen LogP contribution in [0.2, 0.25) is 0 Å². The lowest BCUT2D eigenvalue weighted by atomic mass is 10.0. The third-order valence-corrected chi connectivity index (χ3v) is 6.80. The summed E-state index contributed by atoms with van der Waals surface area (Å²) >= 11 is 0. The van der Waals surface area contributed by atoms with E-state index in [0.29, 0.717) is 22.3 Å². The van der Waals surface area contributed by atoms with Crippen molar-refractivity contribution in [2.24, 2.45) is 0 Å². The number of fused-ring (bicyclic) bond motifs is 1. The van der Waals surface area contributed by atoms with Crippen molar-refractivity contribution >= 4 is 26.7 Å². The quantitative estimate of drug-likeness (QED) is 0.373. The van der Waals surface area contributed by atoms with Crippen LogP contribution in [0.3, 0.4) is 0 Å². The first-order chi connectivity index (χ1) is 16.9. The molecule has 10 heteroatoms. The molecule has 0 unspecified atom stereocenters. The molecule has 0 aliphatic carbocycles. The predicted molar refractivity (Wildman–Crippen MR) is 129 cm³/mol. The highest BCUT2D eigenvalue weighted by atomic mass is 32.2. The second kappa shape index (κ2) is 8.73. The van der Waals surface area contributed by atoms with E-state index < -0.39 is 10.0 Å². The Bertz CT molecular complexity index is 1700. The molecule has 5 rings (SSSR count). The fraction of sp³-hybridized carbons (Fsp3) is 0.0400. The summed E-state index contributed by atoms with van der Waals surface area (Å²) in [5.74, 6) is 0.142. The van der Waals surface area contributed by atoms with Crippen molar-refractivity contribution in [2.75, 3.05) is 11.8 Å². The van der Waals surface area contributed by atoms with E-state index in [1.807, 2.05) is 6.07 Å². The molecule has 0 atom stereocenters. The molecule has 5 aromatic rings. The van der Waals surface area contributed by atoms with E-state index in [4.69, 9.17) is 4.74 Å². The number of anilines is 1. The lowest BCUT2D eigenvalue weighted by molar-refractivity contribution is 0.413. The summed E-state index contributed by atoms with van der Waals surface area (Å²) in [5, 5.41) is 4.08. The highest BCUT2D eigenvalue weighted by Crippen LogP contribution is 2.31. The Labute approximate surface area is 199 Å². The number of halogens is 1. The number of aromatic nitrogens is 2. The summed E-state index contributed by atoms with van der Waals surface area (Å²) < 4.78 is 52.9. The standard InChI is InChI=1S/C25H18FN3O5S/c1-33-23-10-4-17(16-2-6-19(26)7-3-16)15-22(23)29-21-9-8-20(14-18(21)5-11-25(29)30)35(31,32)28-24-12-13-34-27-24/h2-15H,1H3,(H,27,28). The lowest BCUT2D eigenvalue weighted by Crippen LogP contribution is -2.19. The average Bonchev–Trinajstić information content (AvgIpc) is 3.36. The van der Waals surface area contributed by atoms with Gasteiger partial charge in [0, 0.05) is 17.5 Å². The van der Waals surface area contributed by atoms with Gasteiger partial charge in [-0.05, 0) is 59.7 Å². The van der Waals surface area contributed by atoms with Gasteiger partial charge in [-0.15, -0.1) is 0 Å². The minimum absolute atomic E-state index is 0.00905. The molecule has 0 radical (unpaired) electrons. The van der Waals surface area contributed by atoms with Gasteiger partial charge in [0.05, 0.1) is 23.2 Å². The van der Waals surface area contributed by atoms with Crippen LogP contribution in [0.5, 0.6) is 5.75 Å². The van der Waals surface area contributed by atoms with E-state index in [1.165, 1.54) is 54.3 Å². The smallest absolute Gasteiger partial charge is 0.263 e. The Morgan fingerprint density at radius 2 is 1.71 bits per heavy atom.